The minimum Gasteiger partial charge on any atom is -0.382 e. The van der Waals surface area contributed by atoms with Crippen LogP contribution in [0.15, 0.2) is 53.9 Å². The van der Waals surface area contributed by atoms with Gasteiger partial charge in [0.2, 0.25) is 5.95 Å². The molecule has 1 aliphatic heterocycles. The van der Waals surface area contributed by atoms with Crippen LogP contribution < -0.4 is 10.6 Å². The smallest absolute Gasteiger partial charge is 0.225 e. The van der Waals surface area contributed by atoms with E-state index in [1.54, 1.807) is 24.2 Å². The van der Waals surface area contributed by atoms with Crippen LogP contribution in [-0.2, 0) is 6.42 Å². The molecule has 7 heteroatoms. The molecular weight excluding hydrogens is 404 g/mol. The third-order valence-corrected chi connectivity index (χ3v) is 6.16. The third kappa shape index (κ3) is 6.17. The number of rotatable bonds is 4. The Labute approximate surface area is 189 Å². The quantitative estimate of drug-likeness (QED) is 0.578. The summed E-state index contributed by atoms with van der Waals surface area (Å²) < 4.78 is 0. The molecular formula is C24H32N6S. The number of nitrogen functional groups attached to an aromatic ring is 1. The highest BCUT2D eigenvalue weighted by Crippen LogP contribution is 2.45. The van der Waals surface area contributed by atoms with Crippen LogP contribution in [0.4, 0.5) is 11.8 Å². The lowest BCUT2D eigenvalue weighted by Crippen LogP contribution is -2.23. The van der Waals surface area contributed by atoms with Gasteiger partial charge < -0.3 is 10.6 Å². The zero-order valence-electron chi connectivity index (χ0n) is 18.8. The number of anilines is 2. The molecule has 2 N–H and O–H groups in total. The van der Waals surface area contributed by atoms with Crippen molar-refractivity contribution in [3.63, 3.8) is 0 Å². The molecule has 3 aromatic rings. The maximum atomic E-state index is 5.47. The number of piperidine rings is 1. The van der Waals surface area contributed by atoms with Crippen molar-refractivity contribution in [3.8, 4) is 11.3 Å². The second kappa shape index (κ2) is 11.1. The normalized spacial score (nSPS) is 18.3. The maximum Gasteiger partial charge on any atom is 0.225 e. The molecule has 6 nitrogen and oxygen atoms in total. The van der Waals surface area contributed by atoms with Crippen molar-refractivity contribution >= 4 is 23.5 Å². The number of aromatic nitrogens is 4. The van der Waals surface area contributed by atoms with Crippen LogP contribution >= 0.6 is 11.8 Å². The molecule has 1 aromatic carbocycles. The zero-order chi connectivity index (χ0) is 22.2. The zero-order valence-corrected chi connectivity index (χ0v) is 19.6. The van der Waals surface area contributed by atoms with Crippen LogP contribution in [0, 0.1) is 11.8 Å². The average Bonchev–Trinajstić information content (AvgIpc) is 3.46. The summed E-state index contributed by atoms with van der Waals surface area (Å²) in [6, 6.07) is 8.20. The highest BCUT2D eigenvalue weighted by molar-refractivity contribution is 7.98. The summed E-state index contributed by atoms with van der Waals surface area (Å²) in [5.74, 6) is 3.27. The summed E-state index contributed by atoms with van der Waals surface area (Å²) in [5.41, 5.74) is 8.59. The first-order chi connectivity index (χ1) is 15.2. The molecule has 0 amide bonds. The molecule has 5 rings (SSSR count). The fourth-order valence-electron chi connectivity index (χ4n) is 3.50. The molecule has 2 fully saturated rings. The molecule has 0 bridgehead atoms. The molecule has 2 unspecified atom stereocenters. The van der Waals surface area contributed by atoms with Gasteiger partial charge in [0.1, 0.15) is 5.82 Å². The number of nitrogens with zero attached hydrogens (tertiary/aromatic N) is 5. The number of nitrogens with two attached hydrogens (primary N) is 1. The number of benzene rings is 1. The van der Waals surface area contributed by atoms with E-state index >= 15 is 0 Å². The van der Waals surface area contributed by atoms with Crippen LogP contribution in [0.1, 0.15) is 32.8 Å². The second-order valence-electron chi connectivity index (χ2n) is 7.46. The summed E-state index contributed by atoms with van der Waals surface area (Å²) in [6.07, 6.45) is 11.7. The van der Waals surface area contributed by atoms with Gasteiger partial charge in [-0.2, -0.15) is 0 Å². The maximum absolute atomic E-state index is 5.47. The first-order valence-electron chi connectivity index (χ1n) is 10.9. The summed E-state index contributed by atoms with van der Waals surface area (Å²) >= 11 is 1.72. The molecule has 1 aliphatic carbocycles. The van der Waals surface area contributed by atoms with E-state index < -0.39 is 0 Å². The molecule has 3 heterocycles. The Morgan fingerprint density at radius 3 is 2.10 bits per heavy atom. The van der Waals surface area contributed by atoms with E-state index in [1.807, 2.05) is 38.4 Å². The van der Waals surface area contributed by atoms with E-state index in [1.165, 1.54) is 30.0 Å². The van der Waals surface area contributed by atoms with Gasteiger partial charge in [-0.1, -0.05) is 32.9 Å². The van der Waals surface area contributed by atoms with Crippen LogP contribution in [0.5, 0.6) is 0 Å². The fraction of sp³-hybridized carbons (Fsp3) is 0.417. The van der Waals surface area contributed by atoms with E-state index in [9.17, 15) is 0 Å². The first kappa shape index (κ1) is 23.0. The van der Waals surface area contributed by atoms with Crippen LogP contribution in [0.25, 0.3) is 11.3 Å². The van der Waals surface area contributed by atoms with Crippen molar-refractivity contribution < 1.29 is 0 Å². The van der Waals surface area contributed by atoms with Crippen LogP contribution in [0.2, 0.25) is 0 Å². The molecule has 1 saturated heterocycles. The average molecular weight is 437 g/mol. The second-order valence-corrected chi connectivity index (χ2v) is 8.34. The van der Waals surface area contributed by atoms with Gasteiger partial charge in [0.05, 0.1) is 18.1 Å². The Bertz CT molecular complexity index is 918. The summed E-state index contributed by atoms with van der Waals surface area (Å²) in [6.45, 7) is 8.48. The topological polar surface area (TPSA) is 80.8 Å². The van der Waals surface area contributed by atoms with Gasteiger partial charge in [0, 0.05) is 35.9 Å². The van der Waals surface area contributed by atoms with Crippen LogP contribution in [0.3, 0.4) is 0 Å². The molecule has 0 spiro atoms. The van der Waals surface area contributed by atoms with Gasteiger partial charge in [-0.3, -0.25) is 4.98 Å². The molecule has 2 aliphatic rings. The van der Waals surface area contributed by atoms with Crippen molar-refractivity contribution in [3.05, 3.63) is 54.6 Å². The van der Waals surface area contributed by atoms with E-state index in [2.05, 4.69) is 50.1 Å². The highest BCUT2D eigenvalue weighted by Gasteiger charge is 2.45. The Kier molecular flexibility index (Phi) is 8.23. The Hall–Kier alpha value is -2.67. The minimum absolute atomic E-state index is 0.444. The highest BCUT2D eigenvalue weighted by atomic mass is 32.2. The van der Waals surface area contributed by atoms with Crippen molar-refractivity contribution in [2.45, 2.75) is 38.5 Å². The van der Waals surface area contributed by atoms with Gasteiger partial charge in [-0.25, -0.2) is 15.0 Å². The van der Waals surface area contributed by atoms with Gasteiger partial charge in [0.15, 0.2) is 0 Å². The Morgan fingerprint density at radius 2 is 1.58 bits per heavy atom. The molecule has 0 radical (unpaired) electrons. The van der Waals surface area contributed by atoms with Crippen molar-refractivity contribution in [1.82, 2.24) is 19.9 Å². The summed E-state index contributed by atoms with van der Waals surface area (Å²) in [4.78, 5) is 20.6. The van der Waals surface area contributed by atoms with Crippen molar-refractivity contribution in [1.29, 1.82) is 0 Å². The van der Waals surface area contributed by atoms with Gasteiger partial charge in [-0.15, -0.1) is 11.8 Å². The van der Waals surface area contributed by atoms with E-state index in [4.69, 9.17) is 5.73 Å². The minimum atomic E-state index is 0.444. The van der Waals surface area contributed by atoms with Gasteiger partial charge in [-0.05, 0) is 48.6 Å². The molecule has 1 saturated carbocycles. The number of fused-ring (bicyclic) bond motifs is 1. The van der Waals surface area contributed by atoms with E-state index in [0.717, 1.165) is 35.5 Å². The summed E-state index contributed by atoms with van der Waals surface area (Å²) in [5, 5.41) is 0. The largest absolute Gasteiger partial charge is 0.382 e. The van der Waals surface area contributed by atoms with Gasteiger partial charge in [0.25, 0.3) is 0 Å². The SMILES string of the molecule is CC.CCc1cnc(N2CC3CC3C2)nc1.CSc1ccc(-c2cnc(N)cn2)cc1. The molecule has 2 atom stereocenters. The first-order valence-corrected chi connectivity index (χ1v) is 12.2. The van der Waals surface area contributed by atoms with E-state index in [-0.39, 0.29) is 0 Å². The summed E-state index contributed by atoms with van der Waals surface area (Å²) in [7, 11) is 0. The molecule has 164 valence electrons. The Morgan fingerprint density at radius 1 is 0.935 bits per heavy atom. The number of hydrogen-bond acceptors (Lipinski definition) is 7. The third-order valence-electron chi connectivity index (χ3n) is 5.42. The predicted molar refractivity (Wildman–Crippen MR) is 130 cm³/mol. The van der Waals surface area contributed by atoms with Gasteiger partial charge >= 0.3 is 0 Å². The van der Waals surface area contributed by atoms with Crippen LogP contribution in [-0.4, -0.2) is 39.3 Å². The van der Waals surface area contributed by atoms with E-state index in [0.29, 0.717) is 5.82 Å². The Balaban J connectivity index is 0.000000163. The predicted octanol–water partition coefficient (Wildman–Crippen LogP) is 4.97. The van der Waals surface area contributed by atoms with Crippen molar-refractivity contribution in [2.75, 3.05) is 30.0 Å². The monoisotopic (exact) mass is 436 g/mol. The fourth-order valence-corrected chi connectivity index (χ4v) is 3.91. The standard InChI is InChI=1S/C11H11N3S.C11H15N3.C2H6/c1-15-9-4-2-8(3-5-9)10-6-14-11(12)7-13-10;1-2-8-4-12-11(13-5-8)14-6-9-3-10(9)7-14;1-2/h2-7H,1H3,(H2,12,14);4-5,9-10H,2-3,6-7H2,1H3;1-2H3. The lowest BCUT2D eigenvalue weighted by Gasteiger charge is -2.17. The van der Waals surface area contributed by atoms with Crippen molar-refractivity contribution in [2.24, 2.45) is 11.8 Å². The number of thioether (sulfide) groups is 1. The molecule has 31 heavy (non-hydrogen) atoms. The lowest BCUT2D eigenvalue weighted by atomic mass is 10.2. The number of aryl methyl sites for hydroxylation is 1. The molecule has 2 aromatic heterocycles. The lowest BCUT2D eigenvalue weighted by molar-refractivity contribution is 0.784. The number of hydrogen-bond donors (Lipinski definition) is 1.